The standard InChI is InChI=1S/C41H57N14O22P3S/c1-41(2,16-74-80(71,72)77-79(69,70)73-15-24-30(76-78(66,67)68)29(60)38(75-24)54-18-50-27-32(42)48-17-49-34(27)54)31(61)37(64)45-10-9-25(57)44-11-12-81-39(65)23(7-8-26(58)59)51-35(62)20-3-5-21(6-4-20)46-13-22-14-47-33-28(55(22)19-56)36(63)53-40(43)52-33/h3-6,17-19,22-24,29-31,38,46,60-61H,7-16H2,1-2H3,(H,44,57)(H,45,64)(H,51,62)(H,58,59)(H,69,70)(H,71,72)(H2,42,48,49)(H2,66,67,68)(H4,43,47,52,53,63)/t22?,23-,24?,29?,30?,31?,38?/m1/s1. The molecule has 1 saturated heterocycles. The molecule has 0 saturated carbocycles. The van der Waals surface area contributed by atoms with Gasteiger partial charge in [-0.25, -0.2) is 28.6 Å². The third kappa shape index (κ3) is 17.5. The van der Waals surface area contributed by atoms with E-state index in [2.05, 4.69) is 60.3 Å². The molecule has 81 heavy (non-hydrogen) atoms. The molecule has 0 bridgehead atoms. The summed E-state index contributed by atoms with van der Waals surface area (Å²) in [6.07, 6.45) is -7.65. The molecular weight excluding hydrogens is 1170 g/mol. The first kappa shape index (κ1) is 63.6. The molecule has 3 aromatic heterocycles. The summed E-state index contributed by atoms with van der Waals surface area (Å²) in [6.45, 7) is 0.214. The molecule has 17 N–H and O–H groups in total. The van der Waals surface area contributed by atoms with Gasteiger partial charge in [-0.1, -0.05) is 25.6 Å². The molecule has 1 fully saturated rings. The Kier molecular flexibility index (Phi) is 21.2. The van der Waals surface area contributed by atoms with Crippen molar-refractivity contribution in [1.29, 1.82) is 0 Å². The highest BCUT2D eigenvalue weighted by molar-refractivity contribution is 8.13. The number of aromatic nitrogens is 6. The van der Waals surface area contributed by atoms with Crippen LogP contribution in [-0.2, 0) is 60.3 Å². The molecule has 6 rings (SSSR count). The van der Waals surface area contributed by atoms with Gasteiger partial charge >= 0.3 is 29.4 Å². The number of carbonyl (C=O) groups excluding carboxylic acids is 5. The zero-order chi connectivity index (χ0) is 59.6. The summed E-state index contributed by atoms with van der Waals surface area (Å²) in [7, 11) is -16.6. The Labute approximate surface area is 460 Å². The highest BCUT2D eigenvalue weighted by atomic mass is 32.2. The van der Waals surface area contributed by atoms with Crippen LogP contribution in [0.3, 0.4) is 0 Å². The van der Waals surface area contributed by atoms with Crippen LogP contribution in [0.15, 0.2) is 41.7 Å². The minimum atomic E-state index is -5.65. The van der Waals surface area contributed by atoms with E-state index in [1.807, 2.05) is 0 Å². The SMILES string of the molecule is CC(C)(COP(=O)(O)OP(=O)(O)OCC1OC(n2cnc3c(N)ncnc32)C(O)C1OP(=O)(O)O)C(O)C(=O)NCCC(=O)NCCSC(=O)[C@@H](CCC(=O)O)NC(=O)c1ccc(NCC2CNc3nc(N)[nH]c(=O)c3N2C=O)cc1. The number of benzene rings is 1. The van der Waals surface area contributed by atoms with Gasteiger partial charge in [-0.05, 0) is 30.7 Å². The number of ether oxygens (including phenoxy) is 1. The van der Waals surface area contributed by atoms with Crippen LogP contribution in [0.4, 0.5) is 29.0 Å². The number of aliphatic hydroxyl groups excluding tert-OH is 2. The number of nitrogen functional groups attached to an aromatic ring is 2. The number of hydrogen-bond acceptors (Lipinski definition) is 26. The van der Waals surface area contributed by atoms with Crippen LogP contribution in [0.2, 0.25) is 0 Å². The number of aromatic amines is 1. The molecule has 8 unspecified atom stereocenters. The maximum Gasteiger partial charge on any atom is 0.481 e. The van der Waals surface area contributed by atoms with Gasteiger partial charge in [0.1, 0.15) is 36.3 Å². The lowest BCUT2D eigenvalue weighted by Crippen LogP contribution is -2.50. The third-order valence-corrected chi connectivity index (χ3v) is 15.9. The van der Waals surface area contributed by atoms with Crippen LogP contribution in [0.25, 0.3) is 11.2 Å². The lowest BCUT2D eigenvalue weighted by Gasteiger charge is -2.34. The van der Waals surface area contributed by atoms with Gasteiger partial charge in [-0.3, -0.25) is 56.7 Å². The lowest BCUT2D eigenvalue weighted by atomic mass is 9.87. The van der Waals surface area contributed by atoms with Crippen molar-refractivity contribution in [3.8, 4) is 0 Å². The highest BCUT2D eigenvalue weighted by Gasteiger charge is 2.50. The van der Waals surface area contributed by atoms with Crippen LogP contribution < -0.4 is 48.5 Å². The monoisotopic (exact) mass is 1220 g/mol. The number of carboxylic acid groups (broad SMARTS) is 1. The zero-order valence-electron chi connectivity index (χ0n) is 42.5. The van der Waals surface area contributed by atoms with E-state index in [9.17, 15) is 82.2 Å². The summed E-state index contributed by atoms with van der Waals surface area (Å²) in [5.74, 6) is -3.67. The number of phosphoric acid groups is 3. The van der Waals surface area contributed by atoms with Crippen molar-refractivity contribution >= 4 is 111 Å². The molecule has 2 aliphatic heterocycles. The summed E-state index contributed by atoms with van der Waals surface area (Å²) in [4.78, 5) is 146. The van der Waals surface area contributed by atoms with Gasteiger partial charge < -0.3 is 82.6 Å². The van der Waals surface area contributed by atoms with Crippen LogP contribution >= 0.6 is 35.2 Å². The quantitative estimate of drug-likeness (QED) is 0.0157. The van der Waals surface area contributed by atoms with Crippen molar-refractivity contribution in [2.24, 2.45) is 5.41 Å². The molecule has 1 aromatic carbocycles. The molecule has 36 nitrogen and oxygen atoms in total. The van der Waals surface area contributed by atoms with E-state index >= 15 is 0 Å². The van der Waals surface area contributed by atoms with Crippen molar-refractivity contribution in [2.45, 2.75) is 75.8 Å². The number of nitrogens with one attached hydrogen (secondary N) is 6. The lowest BCUT2D eigenvalue weighted by molar-refractivity contribution is -0.138. The Morgan fingerprint density at radius 2 is 1.70 bits per heavy atom. The number of aliphatic hydroxyl groups is 2. The van der Waals surface area contributed by atoms with Gasteiger partial charge in [-0.15, -0.1) is 0 Å². The van der Waals surface area contributed by atoms with Gasteiger partial charge in [0, 0.05) is 61.4 Å². The third-order valence-electron chi connectivity index (χ3n) is 11.9. The van der Waals surface area contributed by atoms with Crippen LogP contribution in [0.5, 0.6) is 0 Å². The number of imidazole rings is 1. The molecule has 9 atom stereocenters. The number of hydrogen-bond donors (Lipinski definition) is 15. The topological polar surface area (TPSA) is 546 Å². The first-order valence-electron chi connectivity index (χ1n) is 23.8. The number of thioether (sulfide) groups is 1. The fraction of sp³-hybridized carbons (Fsp3) is 0.488. The minimum absolute atomic E-state index is 0.000495. The molecule has 0 radical (unpaired) electrons. The summed E-state index contributed by atoms with van der Waals surface area (Å²) in [6, 6.07) is 4.24. The Bertz CT molecular complexity index is 3170. The van der Waals surface area contributed by atoms with Gasteiger partial charge in [0.05, 0.1) is 31.6 Å². The number of aliphatic carboxylic acids is 1. The van der Waals surface area contributed by atoms with Gasteiger partial charge in [0.2, 0.25) is 29.3 Å². The molecule has 0 spiro atoms. The summed E-state index contributed by atoms with van der Waals surface area (Å²) in [5.41, 5.74) is 9.76. The number of carboxylic acids is 1. The van der Waals surface area contributed by atoms with Gasteiger partial charge in [0.15, 0.2) is 29.2 Å². The molecule has 444 valence electrons. The molecular formula is C41H57N14O22P3S. The molecule has 40 heteroatoms. The highest BCUT2D eigenvalue weighted by Crippen LogP contribution is 2.61. The number of H-pyrrole nitrogens is 1. The first-order chi connectivity index (χ1) is 38.0. The predicted octanol–water partition coefficient (Wildman–Crippen LogP) is -2.14. The second-order valence-corrected chi connectivity index (χ2v) is 23.7. The van der Waals surface area contributed by atoms with Gasteiger partial charge in [-0.2, -0.15) is 9.29 Å². The molecule has 2 aliphatic rings. The maximum absolute atomic E-state index is 13.2. The van der Waals surface area contributed by atoms with E-state index in [1.165, 1.54) is 30.9 Å². The number of rotatable bonds is 29. The number of phosphoric ester groups is 3. The van der Waals surface area contributed by atoms with E-state index in [0.29, 0.717) is 23.9 Å². The average Bonchev–Trinajstić information content (AvgIpc) is 4.18. The Balaban J connectivity index is 0.894. The van der Waals surface area contributed by atoms with E-state index in [1.54, 1.807) is 12.1 Å². The number of carbonyl (C=O) groups is 6. The van der Waals surface area contributed by atoms with E-state index < -0.39 is 126 Å². The number of amides is 4. The number of fused-ring (bicyclic) bond motifs is 2. The normalized spacial score (nSPS) is 20.4. The second kappa shape index (κ2) is 27.0. The molecule has 4 aromatic rings. The van der Waals surface area contributed by atoms with Gasteiger partial charge in [0.25, 0.3) is 11.5 Å². The Hall–Kier alpha value is -6.53. The smallest absolute Gasteiger partial charge is 0.481 e. The van der Waals surface area contributed by atoms with E-state index in [4.69, 9.17) is 25.3 Å². The molecule has 5 heterocycles. The van der Waals surface area contributed by atoms with Crippen LogP contribution in [-0.4, -0.2) is 181 Å². The molecule has 4 amide bonds. The van der Waals surface area contributed by atoms with Crippen LogP contribution in [0.1, 0.15) is 49.7 Å². The number of nitrogens with two attached hydrogens (primary N) is 2. The van der Waals surface area contributed by atoms with E-state index in [0.717, 1.165) is 17.2 Å². The van der Waals surface area contributed by atoms with E-state index in [-0.39, 0.29) is 84.8 Å². The molecule has 0 aliphatic carbocycles. The van der Waals surface area contributed by atoms with Crippen molar-refractivity contribution in [1.82, 2.24) is 45.4 Å². The van der Waals surface area contributed by atoms with Crippen LogP contribution in [0, 0.1) is 5.41 Å². The number of anilines is 5. The van der Waals surface area contributed by atoms with Crippen molar-refractivity contribution in [3.63, 3.8) is 0 Å². The largest absolute Gasteiger partial charge is 0.481 e. The fourth-order valence-corrected chi connectivity index (χ4v) is 11.4. The second-order valence-electron chi connectivity index (χ2n) is 18.3. The minimum Gasteiger partial charge on any atom is -0.481 e. The Morgan fingerprint density at radius 1 is 1.00 bits per heavy atom. The Morgan fingerprint density at radius 3 is 2.38 bits per heavy atom. The van der Waals surface area contributed by atoms with Crippen molar-refractivity contribution in [3.05, 3.63) is 52.8 Å². The number of nitrogens with zero attached hydrogens (tertiary/aromatic N) is 6. The summed E-state index contributed by atoms with van der Waals surface area (Å²) < 4.78 is 62.5. The predicted molar refractivity (Wildman–Crippen MR) is 280 cm³/mol. The van der Waals surface area contributed by atoms with Crippen molar-refractivity contribution < 1.29 is 100.0 Å². The zero-order valence-corrected chi connectivity index (χ0v) is 46.0. The summed E-state index contributed by atoms with van der Waals surface area (Å²) >= 11 is 0.706. The average molecular weight is 1220 g/mol. The van der Waals surface area contributed by atoms with Crippen molar-refractivity contribution in [2.75, 3.05) is 72.1 Å². The fourth-order valence-electron chi connectivity index (χ4n) is 7.77. The first-order valence-corrected chi connectivity index (χ1v) is 29.3. The maximum atomic E-state index is 13.2. The summed E-state index contributed by atoms with van der Waals surface area (Å²) in [5, 5.41) is 43.8.